The average molecular weight is 336 g/mol. The van der Waals surface area contributed by atoms with Gasteiger partial charge in [-0.05, 0) is 30.3 Å². The van der Waals surface area contributed by atoms with Gasteiger partial charge in [0.25, 0.3) is 0 Å². The molecule has 0 aromatic heterocycles. The largest absolute Gasteiger partial charge is 0.484 e. The predicted octanol–water partition coefficient (Wildman–Crippen LogP) is 3.24. The number of ether oxygens (including phenoxy) is 2. The number of hydrogen-bond acceptors (Lipinski definition) is 4. The lowest BCUT2D eigenvalue weighted by atomic mass is 9.90. The molecule has 1 aliphatic rings. The summed E-state index contributed by atoms with van der Waals surface area (Å²) in [6.07, 6.45) is 3.58. The van der Waals surface area contributed by atoms with E-state index in [1.54, 1.807) is 54.6 Å². The average Bonchev–Trinajstić information content (AvgIpc) is 2.63. The Morgan fingerprint density at radius 2 is 1.48 bits per heavy atom. The van der Waals surface area contributed by atoms with Crippen LogP contribution in [0.1, 0.15) is 0 Å². The summed E-state index contributed by atoms with van der Waals surface area (Å²) in [6.45, 7) is 0. The molecule has 0 radical (unpaired) electrons. The second kappa shape index (κ2) is 7.49. The summed E-state index contributed by atoms with van der Waals surface area (Å²) in [6, 6.07) is 17.4. The van der Waals surface area contributed by atoms with Crippen LogP contribution in [0.3, 0.4) is 0 Å². The van der Waals surface area contributed by atoms with Gasteiger partial charge in [0, 0.05) is 0 Å². The zero-order valence-corrected chi connectivity index (χ0v) is 13.2. The fourth-order valence-corrected chi connectivity index (χ4v) is 2.52. The van der Waals surface area contributed by atoms with Gasteiger partial charge < -0.3 is 14.6 Å². The maximum absolute atomic E-state index is 12.6. The van der Waals surface area contributed by atoms with Crippen molar-refractivity contribution in [1.29, 1.82) is 0 Å². The molecule has 5 heteroatoms. The fraction of sp³-hybridized carbons (Fsp3) is 0.100. The molecule has 0 bridgehead atoms. The number of benzene rings is 2. The molecule has 2 aromatic rings. The molecule has 5 nitrogen and oxygen atoms in total. The molecular formula is C20H16O5. The van der Waals surface area contributed by atoms with Gasteiger partial charge in [0.05, 0.1) is 5.57 Å². The summed E-state index contributed by atoms with van der Waals surface area (Å²) in [7, 11) is 0. The number of rotatable bonds is 5. The molecule has 1 aliphatic carbocycles. The number of para-hydroxylation sites is 2. The Morgan fingerprint density at radius 1 is 0.880 bits per heavy atom. The number of carboxylic acid groups (broad SMARTS) is 1. The van der Waals surface area contributed by atoms with E-state index < -0.39 is 24.0 Å². The number of esters is 1. The third-order valence-electron chi connectivity index (χ3n) is 3.71. The van der Waals surface area contributed by atoms with Gasteiger partial charge in [0.1, 0.15) is 23.5 Å². The molecule has 1 N–H and O–H groups in total. The monoisotopic (exact) mass is 336 g/mol. The highest BCUT2D eigenvalue weighted by Gasteiger charge is 2.37. The van der Waals surface area contributed by atoms with E-state index in [-0.39, 0.29) is 5.57 Å². The standard InChI is InChI=1S/C20H16O5/c21-19(22)16-12-7-13-17(18(16)24-14-8-3-1-4-9-14)20(23)25-15-10-5-2-6-11-15/h1-13,17-18H,(H,21,22). The Hall–Kier alpha value is -3.34. The number of carboxylic acids is 1. The minimum atomic E-state index is -1.14. The third kappa shape index (κ3) is 3.95. The van der Waals surface area contributed by atoms with E-state index in [9.17, 15) is 14.7 Å². The fourth-order valence-electron chi connectivity index (χ4n) is 2.52. The molecule has 0 saturated carbocycles. The van der Waals surface area contributed by atoms with Gasteiger partial charge in [-0.3, -0.25) is 4.79 Å². The normalized spacial score (nSPS) is 19.0. The van der Waals surface area contributed by atoms with E-state index in [1.165, 1.54) is 12.2 Å². The van der Waals surface area contributed by atoms with Crippen molar-refractivity contribution in [2.75, 3.05) is 0 Å². The molecule has 0 spiro atoms. The first kappa shape index (κ1) is 16.5. The first-order valence-electron chi connectivity index (χ1n) is 7.75. The molecule has 2 atom stereocenters. The van der Waals surface area contributed by atoms with E-state index in [1.807, 2.05) is 12.1 Å². The molecule has 0 saturated heterocycles. The van der Waals surface area contributed by atoms with Gasteiger partial charge in [-0.1, -0.05) is 48.6 Å². The van der Waals surface area contributed by atoms with Crippen LogP contribution in [0.5, 0.6) is 11.5 Å². The van der Waals surface area contributed by atoms with Crippen molar-refractivity contribution in [3.63, 3.8) is 0 Å². The Labute approximate surface area is 144 Å². The van der Waals surface area contributed by atoms with E-state index >= 15 is 0 Å². The maximum atomic E-state index is 12.6. The lowest BCUT2D eigenvalue weighted by Gasteiger charge is -2.27. The minimum absolute atomic E-state index is 0.00126. The van der Waals surface area contributed by atoms with Crippen LogP contribution in [-0.2, 0) is 9.59 Å². The highest BCUT2D eigenvalue weighted by atomic mass is 16.5. The van der Waals surface area contributed by atoms with E-state index in [0.29, 0.717) is 11.5 Å². The first-order valence-corrected chi connectivity index (χ1v) is 7.75. The van der Waals surface area contributed by atoms with Crippen LogP contribution in [0, 0.1) is 5.92 Å². The summed E-state index contributed by atoms with van der Waals surface area (Å²) in [5.41, 5.74) is 0.00126. The molecule has 2 aromatic carbocycles. The smallest absolute Gasteiger partial charge is 0.335 e. The van der Waals surface area contributed by atoms with Crippen molar-refractivity contribution in [3.05, 3.63) is 84.5 Å². The highest BCUT2D eigenvalue weighted by Crippen LogP contribution is 2.27. The summed E-state index contributed by atoms with van der Waals surface area (Å²) < 4.78 is 11.2. The molecule has 126 valence electrons. The van der Waals surface area contributed by atoms with Crippen LogP contribution in [0.4, 0.5) is 0 Å². The zero-order chi connectivity index (χ0) is 17.6. The SMILES string of the molecule is O=C(O)C1=CC=CC(C(=O)Oc2ccccc2)C1Oc1ccccc1. The Morgan fingerprint density at radius 3 is 2.08 bits per heavy atom. The minimum Gasteiger partial charge on any atom is -0.484 e. The summed E-state index contributed by atoms with van der Waals surface area (Å²) in [4.78, 5) is 24.1. The molecular weight excluding hydrogens is 320 g/mol. The molecule has 2 unspecified atom stereocenters. The number of hydrogen-bond donors (Lipinski definition) is 1. The molecule has 0 fully saturated rings. The maximum Gasteiger partial charge on any atom is 0.335 e. The Bertz CT molecular complexity index is 808. The van der Waals surface area contributed by atoms with Crippen LogP contribution in [-0.4, -0.2) is 23.1 Å². The van der Waals surface area contributed by atoms with Crippen molar-refractivity contribution in [3.8, 4) is 11.5 Å². The van der Waals surface area contributed by atoms with Crippen LogP contribution in [0.15, 0.2) is 84.5 Å². The number of carbonyl (C=O) groups excluding carboxylic acids is 1. The van der Waals surface area contributed by atoms with Gasteiger partial charge in [-0.25, -0.2) is 4.79 Å². The molecule has 0 aliphatic heterocycles. The van der Waals surface area contributed by atoms with Gasteiger partial charge in [-0.15, -0.1) is 0 Å². The molecule has 3 rings (SSSR count). The van der Waals surface area contributed by atoms with Crippen LogP contribution < -0.4 is 9.47 Å². The van der Waals surface area contributed by atoms with Crippen molar-refractivity contribution in [2.45, 2.75) is 6.10 Å². The second-order valence-corrected chi connectivity index (χ2v) is 5.42. The van der Waals surface area contributed by atoms with Crippen LogP contribution in [0.2, 0.25) is 0 Å². The van der Waals surface area contributed by atoms with Crippen molar-refractivity contribution >= 4 is 11.9 Å². The van der Waals surface area contributed by atoms with E-state index in [2.05, 4.69) is 0 Å². The quantitative estimate of drug-likeness (QED) is 0.670. The van der Waals surface area contributed by atoms with Crippen LogP contribution in [0.25, 0.3) is 0 Å². The van der Waals surface area contributed by atoms with Crippen molar-refractivity contribution in [1.82, 2.24) is 0 Å². The summed E-state index contributed by atoms with van der Waals surface area (Å²) >= 11 is 0. The summed E-state index contributed by atoms with van der Waals surface area (Å²) in [5.74, 6) is -1.70. The highest BCUT2D eigenvalue weighted by molar-refractivity contribution is 5.91. The number of aliphatic carboxylic acids is 1. The topological polar surface area (TPSA) is 72.8 Å². The first-order chi connectivity index (χ1) is 12.1. The van der Waals surface area contributed by atoms with Gasteiger partial charge >= 0.3 is 11.9 Å². The van der Waals surface area contributed by atoms with Gasteiger partial charge in [0.15, 0.2) is 0 Å². The molecule has 0 heterocycles. The predicted molar refractivity (Wildman–Crippen MR) is 91.3 cm³/mol. The zero-order valence-electron chi connectivity index (χ0n) is 13.2. The lowest BCUT2D eigenvalue weighted by Crippen LogP contribution is -2.39. The Kier molecular flexibility index (Phi) is 4.95. The Balaban J connectivity index is 1.85. The van der Waals surface area contributed by atoms with Gasteiger partial charge in [0.2, 0.25) is 0 Å². The molecule has 25 heavy (non-hydrogen) atoms. The van der Waals surface area contributed by atoms with E-state index in [0.717, 1.165) is 0 Å². The number of carbonyl (C=O) groups is 2. The van der Waals surface area contributed by atoms with E-state index in [4.69, 9.17) is 9.47 Å². The van der Waals surface area contributed by atoms with Gasteiger partial charge in [-0.2, -0.15) is 0 Å². The summed E-state index contributed by atoms with van der Waals surface area (Å²) in [5, 5.41) is 9.44. The third-order valence-corrected chi connectivity index (χ3v) is 3.71. The lowest BCUT2D eigenvalue weighted by molar-refractivity contribution is -0.140. The van der Waals surface area contributed by atoms with Crippen molar-refractivity contribution < 1.29 is 24.2 Å². The molecule has 0 amide bonds. The van der Waals surface area contributed by atoms with Crippen LogP contribution >= 0.6 is 0 Å². The van der Waals surface area contributed by atoms with Crippen molar-refractivity contribution in [2.24, 2.45) is 5.92 Å². The number of allylic oxidation sites excluding steroid dienone is 2. The second-order valence-electron chi connectivity index (χ2n) is 5.42.